The number of carbonyl (C=O) groups excluding carboxylic acids is 2. The van der Waals surface area contributed by atoms with Gasteiger partial charge in [-0.3, -0.25) is 9.69 Å². The minimum Gasteiger partial charge on any atom is -0.366 e. The Morgan fingerprint density at radius 3 is 2.21 bits per heavy atom. The first kappa shape index (κ1) is 16.4. The smallest absolute Gasteiger partial charge is 0.366 e. The van der Waals surface area contributed by atoms with Crippen molar-refractivity contribution in [3.8, 4) is 0 Å². The number of halogens is 3. The number of nitrogens with one attached hydrogen (secondary N) is 1. The SMILES string of the molecule is O=C1CNC(=O)N1CCN1CCN(CC(F)(F)F)c2ccccc21. The third-order valence-corrected chi connectivity index (χ3v) is 4.10. The second-order valence-electron chi connectivity index (χ2n) is 5.72. The van der Waals surface area contributed by atoms with Crippen LogP contribution < -0.4 is 15.1 Å². The Kier molecular flexibility index (Phi) is 4.25. The molecular weight excluding hydrogens is 325 g/mol. The van der Waals surface area contributed by atoms with Crippen LogP contribution in [0.1, 0.15) is 0 Å². The molecule has 6 nitrogen and oxygen atoms in total. The number of hydrogen-bond acceptors (Lipinski definition) is 4. The summed E-state index contributed by atoms with van der Waals surface area (Å²) in [5.41, 5.74) is 1.19. The van der Waals surface area contributed by atoms with Crippen molar-refractivity contribution in [2.75, 3.05) is 49.1 Å². The van der Waals surface area contributed by atoms with E-state index in [1.165, 1.54) is 4.90 Å². The number of anilines is 2. The largest absolute Gasteiger partial charge is 0.405 e. The molecule has 9 heteroatoms. The van der Waals surface area contributed by atoms with Crippen molar-refractivity contribution in [1.29, 1.82) is 0 Å². The molecular formula is C15H17F3N4O2. The molecule has 3 rings (SSSR count). The van der Waals surface area contributed by atoms with E-state index in [1.54, 1.807) is 24.3 Å². The first-order chi connectivity index (χ1) is 11.3. The van der Waals surface area contributed by atoms with Gasteiger partial charge in [0.1, 0.15) is 6.54 Å². The second kappa shape index (κ2) is 6.21. The minimum atomic E-state index is -4.27. The van der Waals surface area contributed by atoms with Gasteiger partial charge in [0.15, 0.2) is 0 Å². The average molecular weight is 342 g/mol. The number of imide groups is 1. The minimum absolute atomic E-state index is 0.00518. The number of benzene rings is 1. The van der Waals surface area contributed by atoms with E-state index in [0.717, 1.165) is 4.90 Å². The van der Waals surface area contributed by atoms with Crippen LogP contribution in [0.25, 0.3) is 0 Å². The third kappa shape index (κ3) is 3.39. The van der Waals surface area contributed by atoms with Crippen molar-refractivity contribution >= 4 is 23.3 Å². The fourth-order valence-electron chi connectivity index (χ4n) is 3.00. The third-order valence-electron chi connectivity index (χ3n) is 4.10. The Labute approximate surface area is 136 Å². The molecule has 24 heavy (non-hydrogen) atoms. The molecule has 1 fully saturated rings. The molecule has 0 atom stereocenters. The molecule has 2 aliphatic rings. The van der Waals surface area contributed by atoms with Crippen LogP contribution in [0.4, 0.5) is 29.3 Å². The standard InChI is InChI=1S/C15H17F3N4O2/c16-15(17,18)10-21-6-5-20(11-3-1-2-4-12(11)21)7-8-22-13(23)9-19-14(22)24/h1-4H,5-10H2,(H,19,24). The maximum atomic E-state index is 12.7. The van der Waals surface area contributed by atoms with E-state index >= 15 is 0 Å². The number of fused-ring (bicyclic) bond motifs is 1. The summed E-state index contributed by atoms with van der Waals surface area (Å²) >= 11 is 0. The average Bonchev–Trinajstić information content (AvgIpc) is 2.84. The molecule has 0 radical (unpaired) electrons. The maximum Gasteiger partial charge on any atom is 0.405 e. The zero-order chi connectivity index (χ0) is 17.3. The lowest BCUT2D eigenvalue weighted by molar-refractivity contribution is -0.125. The molecule has 1 N–H and O–H groups in total. The Bertz CT molecular complexity index is 634. The summed E-state index contributed by atoms with van der Waals surface area (Å²) in [7, 11) is 0. The first-order valence-electron chi connectivity index (χ1n) is 7.59. The van der Waals surface area contributed by atoms with Gasteiger partial charge in [0.25, 0.3) is 0 Å². The molecule has 130 valence electrons. The maximum absolute atomic E-state index is 12.7. The zero-order valence-corrected chi connectivity index (χ0v) is 12.8. The van der Waals surface area contributed by atoms with Crippen LogP contribution in [-0.4, -0.2) is 62.3 Å². The van der Waals surface area contributed by atoms with Crippen molar-refractivity contribution < 1.29 is 22.8 Å². The lowest BCUT2D eigenvalue weighted by Gasteiger charge is -2.39. The van der Waals surface area contributed by atoms with Crippen LogP contribution in [0.5, 0.6) is 0 Å². The van der Waals surface area contributed by atoms with Gasteiger partial charge < -0.3 is 15.1 Å². The van der Waals surface area contributed by atoms with Crippen molar-refractivity contribution in [1.82, 2.24) is 10.2 Å². The highest BCUT2D eigenvalue weighted by Gasteiger charge is 2.34. The van der Waals surface area contributed by atoms with E-state index < -0.39 is 18.8 Å². The molecule has 1 aromatic carbocycles. The predicted molar refractivity (Wildman–Crippen MR) is 82.0 cm³/mol. The second-order valence-corrected chi connectivity index (χ2v) is 5.72. The van der Waals surface area contributed by atoms with Crippen molar-refractivity contribution in [2.24, 2.45) is 0 Å². The highest BCUT2D eigenvalue weighted by Crippen LogP contribution is 2.34. The van der Waals surface area contributed by atoms with Gasteiger partial charge in [0.2, 0.25) is 5.91 Å². The number of para-hydroxylation sites is 2. The normalized spacial score (nSPS) is 18.0. The Balaban J connectivity index is 1.72. The number of nitrogens with zero attached hydrogens (tertiary/aromatic N) is 3. The highest BCUT2D eigenvalue weighted by atomic mass is 19.4. The van der Waals surface area contributed by atoms with Gasteiger partial charge in [0, 0.05) is 26.2 Å². The van der Waals surface area contributed by atoms with Gasteiger partial charge in [-0.15, -0.1) is 0 Å². The van der Waals surface area contributed by atoms with Gasteiger partial charge in [-0.05, 0) is 12.1 Å². The topological polar surface area (TPSA) is 55.9 Å². The summed E-state index contributed by atoms with van der Waals surface area (Å²) in [4.78, 5) is 27.5. The highest BCUT2D eigenvalue weighted by molar-refractivity contribution is 6.01. The quantitative estimate of drug-likeness (QED) is 0.841. The number of carbonyl (C=O) groups is 2. The van der Waals surface area contributed by atoms with Crippen LogP contribution in [0.2, 0.25) is 0 Å². The number of amides is 3. The van der Waals surface area contributed by atoms with Crippen molar-refractivity contribution in [2.45, 2.75) is 6.18 Å². The Morgan fingerprint density at radius 2 is 1.62 bits per heavy atom. The summed E-state index contributed by atoms with van der Waals surface area (Å²) in [5, 5.41) is 2.44. The van der Waals surface area contributed by atoms with E-state index in [1.807, 2.05) is 4.90 Å². The van der Waals surface area contributed by atoms with E-state index in [2.05, 4.69) is 5.32 Å². The van der Waals surface area contributed by atoms with Gasteiger partial charge in [-0.25, -0.2) is 4.79 Å². The molecule has 0 aliphatic carbocycles. The van der Waals surface area contributed by atoms with Gasteiger partial charge in [-0.2, -0.15) is 13.2 Å². The summed E-state index contributed by atoms with van der Waals surface area (Å²) in [6, 6.07) is 6.44. The van der Waals surface area contributed by atoms with Crippen LogP contribution in [-0.2, 0) is 4.79 Å². The Morgan fingerprint density at radius 1 is 1.00 bits per heavy atom. The van der Waals surface area contributed by atoms with Crippen molar-refractivity contribution in [3.05, 3.63) is 24.3 Å². The zero-order valence-electron chi connectivity index (χ0n) is 12.8. The first-order valence-corrected chi connectivity index (χ1v) is 7.59. The number of alkyl halides is 3. The molecule has 0 unspecified atom stereocenters. The van der Waals surface area contributed by atoms with E-state index in [-0.39, 0.29) is 25.5 Å². The molecule has 3 amide bonds. The summed E-state index contributed by atoms with van der Waals surface area (Å²) in [5.74, 6) is -0.288. The molecule has 0 saturated carbocycles. The van der Waals surface area contributed by atoms with Crippen LogP contribution >= 0.6 is 0 Å². The van der Waals surface area contributed by atoms with Crippen molar-refractivity contribution in [3.63, 3.8) is 0 Å². The predicted octanol–water partition coefficient (Wildman–Crippen LogP) is 1.43. The fourth-order valence-corrected chi connectivity index (χ4v) is 3.00. The number of rotatable bonds is 4. The van der Waals surface area contributed by atoms with E-state index in [9.17, 15) is 22.8 Å². The molecule has 0 bridgehead atoms. The number of hydrogen-bond donors (Lipinski definition) is 1. The van der Waals surface area contributed by atoms with E-state index in [0.29, 0.717) is 24.5 Å². The molecule has 1 aromatic rings. The van der Waals surface area contributed by atoms with Gasteiger partial charge in [-0.1, -0.05) is 12.1 Å². The molecule has 2 heterocycles. The summed E-state index contributed by atoms with van der Waals surface area (Å²) < 4.78 is 38.2. The van der Waals surface area contributed by atoms with Crippen LogP contribution in [0.15, 0.2) is 24.3 Å². The lowest BCUT2D eigenvalue weighted by Crippen LogP contribution is -2.47. The molecule has 2 aliphatic heterocycles. The monoisotopic (exact) mass is 342 g/mol. The van der Waals surface area contributed by atoms with Gasteiger partial charge >= 0.3 is 12.2 Å². The summed E-state index contributed by atoms with van der Waals surface area (Å²) in [6.07, 6.45) is -4.27. The van der Waals surface area contributed by atoms with Gasteiger partial charge in [0.05, 0.1) is 17.9 Å². The molecule has 0 aromatic heterocycles. The summed E-state index contributed by atoms with van der Waals surface area (Å²) in [6.45, 7) is 0.224. The molecule has 0 spiro atoms. The fraction of sp³-hybridized carbons (Fsp3) is 0.467. The lowest BCUT2D eigenvalue weighted by atomic mass is 10.1. The van der Waals surface area contributed by atoms with E-state index in [4.69, 9.17) is 0 Å². The van der Waals surface area contributed by atoms with Crippen LogP contribution in [0, 0.1) is 0 Å². The molecule has 1 saturated heterocycles. The Hall–Kier alpha value is -2.45. The number of urea groups is 1. The van der Waals surface area contributed by atoms with Crippen LogP contribution in [0.3, 0.4) is 0 Å².